The van der Waals surface area contributed by atoms with Crippen LogP contribution in [-0.2, 0) is 11.3 Å². The zero-order chi connectivity index (χ0) is 21.1. The third kappa shape index (κ3) is 4.42. The van der Waals surface area contributed by atoms with E-state index in [4.69, 9.17) is 0 Å². The molecule has 7 nitrogen and oxygen atoms in total. The van der Waals surface area contributed by atoms with Crippen LogP contribution in [0.5, 0.6) is 0 Å². The molecule has 2 heterocycles. The Hall–Kier alpha value is -2.89. The molecule has 0 saturated carbocycles. The minimum Gasteiger partial charge on any atom is -0.307 e. The van der Waals surface area contributed by atoms with Crippen LogP contribution in [0.15, 0.2) is 40.1 Å². The zero-order valence-electron chi connectivity index (χ0n) is 14.5. The van der Waals surface area contributed by atoms with Gasteiger partial charge in [-0.2, -0.15) is 5.10 Å². The summed E-state index contributed by atoms with van der Waals surface area (Å²) in [4.78, 5) is 31.7. The van der Waals surface area contributed by atoms with Crippen molar-refractivity contribution < 1.29 is 22.4 Å². The zero-order valence-corrected chi connectivity index (χ0v) is 16.0. The number of hydrogen-bond acceptors (Lipinski definition) is 5. The van der Waals surface area contributed by atoms with Crippen LogP contribution in [0.1, 0.15) is 11.5 Å². The number of rotatable bonds is 6. The monoisotopic (exact) mass is 473 g/mol. The molecule has 29 heavy (non-hydrogen) atoms. The molecule has 0 saturated heterocycles. The Morgan fingerprint density at radius 2 is 2.03 bits per heavy atom. The van der Waals surface area contributed by atoms with Gasteiger partial charge in [-0.25, -0.2) is 27.8 Å². The van der Waals surface area contributed by atoms with Crippen molar-refractivity contribution in [2.75, 3.05) is 12.0 Å². The van der Waals surface area contributed by atoms with E-state index in [9.17, 15) is 27.2 Å². The molecule has 0 aliphatic rings. The van der Waals surface area contributed by atoms with E-state index in [1.54, 1.807) is 0 Å². The Bertz CT molecular complexity index is 1120. The number of carbonyl (C=O) groups excluding carboxylic acids is 1. The van der Waals surface area contributed by atoms with E-state index in [1.165, 1.54) is 18.2 Å². The van der Waals surface area contributed by atoms with Crippen LogP contribution in [0.2, 0.25) is 0 Å². The lowest BCUT2D eigenvalue weighted by Gasteiger charge is -2.14. The van der Waals surface area contributed by atoms with Crippen molar-refractivity contribution in [1.82, 2.24) is 19.7 Å². The molecule has 0 fully saturated rings. The maximum Gasteiger partial charge on any atom is 0.275 e. The number of anilines is 1. The highest BCUT2D eigenvalue weighted by molar-refractivity contribution is 9.10. The summed E-state index contributed by atoms with van der Waals surface area (Å²) >= 11 is 3.13. The van der Waals surface area contributed by atoms with Gasteiger partial charge in [0.05, 0.1) is 17.5 Å². The van der Waals surface area contributed by atoms with Crippen molar-refractivity contribution in [2.45, 2.75) is 18.9 Å². The molecule has 0 aliphatic heterocycles. The van der Waals surface area contributed by atoms with Gasteiger partial charge in [-0.05, 0) is 33.6 Å². The van der Waals surface area contributed by atoms with Crippen molar-refractivity contribution in [1.29, 1.82) is 0 Å². The molecular formula is C17H12BrF4N5O2. The third-order valence-electron chi connectivity index (χ3n) is 4.06. The molecule has 0 radical (unpaired) electrons. The van der Waals surface area contributed by atoms with Crippen molar-refractivity contribution in [3.05, 3.63) is 57.1 Å². The molecule has 3 rings (SSSR count). The van der Waals surface area contributed by atoms with Gasteiger partial charge in [0.1, 0.15) is 24.1 Å². The second-order valence-corrected chi connectivity index (χ2v) is 6.67. The number of carbonyl (C=O) groups is 1. The van der Waals surface area contributed by atoms with Crippen LogP contribution < -0.4 is 10.9 Å². The normalized spacial score (nSPS) is 12.3. The number of halogens is 5. The highest BCUT2D eigenvalue weighted by atomic mass is 79.9. The van der Waals surface area contributed by atoms with Gasteiger partial charge in [0.15, 0.2) is 11.6 Å². The molecule has 1 N–H and O–H groups in total. The maximum atomic E-state index is 13.5. The van der Waals surface area contributed by atoms with Gasteiger partial charge in [-0.3, -0.25) is 14.0 Å². The lowest BCUT2D eigenvalue weighted by atomic mass is 9.98. The molecule has 1 unspecified atom stereocenters. The largest absolute Gasteiger partial charge is 0.307 e. The molecule has 1 amide bonds. The summed E-state index contributed by atoms with van der Waals surface area (Å²) in [6, 6.07) is 3.75. The van der Waals surface area contributed by atoms with E-state index in [2.05, 4.69) is 36.3 Å². The second-order valence-electron chi connectivity index (χ2n) is 5.92. The molecule has 1 atom stereocenters. The van der Waals surface area contributed by atoms with Crippen LogP contribution >= 0.6 is 15.9 Å². The van der Waals surface area contributed by atoms with Gasteiger partial charge in [0.2, 0.25) is 12.3 Å². The summed E-state index contributed by atoms with van der Waals surface area (Å²) in [5.74, 6) is -3.60. The molecule has 0 aliphatic carbocycles. The number of nitrogens with zero attached hydrogens (tertiary/aromatic N) is 4. The van der Waals surface area contributed by atoms with Crippen LogP contribution in [0.4, 0.5) is 23.4 Å². The first-order valence-electron chi connectivity index (χ1n) is 8.11. The van der Waals surface area contributed by atoms with Gasteiger partial charge >= 0.3 is 0 Å². The number of hydrogen-bond donors (Lipinski definition) is 1. The van der Waals surface area contributed by atoms with Crippen LogP contribution in [-0.4, -0.2) is 38.8 Å². The van der Waals surface area contributed by atoms with E-state index >= 15 is 0 Å². The molecule has 0 bridgehead atoms. The third-order valence-corrected chi connectivity index (χ3v) is 4.64. The predicted molar refractivity (Wildman–Crippen MR) is 99.0 cm³/mol. The van der Waals surface area contributed by atoms with Gasteiger partial charge in [0.25, 0.3) is 5.56 Å². The minimum absolute atomic E-state index is 0.0200. The predicted octanol–water partition coefficient (Wildman–Crippen LogP) is 3.05. The molecule has 152 valence electrons. The van der Waals surface area contributed by atoms with E-state index in [0.29, 0.717) is 0 Å². The average Bonchev–Trinajstić information content (AvgIpc) is 2.68. The number of benzene rings is 1. The quantitative estimate of drug-likeness (QED) is 0.555. The van der Waals surface area contributed by atoms with Crippen molar-refractivity contribution in [3.63, 3.8) is 0 Å². The summed E-state index contributed by atoms with van der Waals surface area (Å²) in [7, 11) is 0. The van der Waals surface area contributed by atoms with Gasteiger partial charge < -0.3 is 5.32 Å². The van der Waals surface area contributed by atoms with Crippen molar-refractivity contribution in [2.24, 2.45) is 0 Å². The minimum atomic E-state index is -2.91. The van der Waals surface area contributed by atoms with E-state index in [0.717, 1.165) is 17.2 Å². The van der Waals surface area contributed by atoms with Crippen LogP contribution in [0.25, 0.3) is 10.8 Å². The molecule has 1 aromatic carbocycles. The lowest BCUT2D eigenvalue weighted by molar-refractivity contribution is -0.117. The lowest BCUT2D eigenvalue weighted by Crippen LogP contribution is -2.30. The maximum absolute atomic E-state index is 13.5. The van der Waals surface area contributed by atoms with Crippen LogP contribution in [0.3, 0.4) is 0 Å². The highest BCUT2D eigenvalue weighted by Gasteiger charge is 2.23. The van der Waals surface area contributed by atoms with Crippen molar-refractivity contribution in [3.8, 4) is 0 Å². The van der Waals surface area contributed by atoms with E-state index in [-0.39, 0.29) is 26.8 Å². The Morgan fingerprint density at radius 1 is 1.28 bits per heavy atom. The SMILES string of the molecule is O=C(Cn1nc(Br)c2cc(C(CF)C(F)F)ccc2c1=O)Nc1ncncc1F. The van der Waals surface area contributed by atoms with Gasteiger partial charge in [0, 0.05) is 5.39 Å². The summed E-state index contributed by atoms with van der Waals surface area (Å²) < 4.78 is 53.3. The standard InChI is InChI=1S/C17H12BrF4N5O2/c18-14-10-3-8(11(4-19)15(21)22)1-2-9(10)17(29)27(26-14)6-13(28)25-16-12(20)5-23-7-24-16/h1-3,5,7,11,15H,4,6H2,(H,23,24,25,28). The Kier molecular flexibility index (Phi) is 6.20. The number of aromatic nitrogens is 4. The molecule has 12 heteroatoms. The second kappa shape index (κ2) is 8.64. The fourth-order valence-corrected chi connectivity index (χ4v) is 3.13. The number of fused-ring (bicyclic) bond motifs is 1. The fraction of sp³-hybridized carbons (Fsp3) is 0.235. The molecular weight excluding hydrogens is 462 g/mol. The number of nitrogens with one attached hydrogen (secondary N) is 1. The van der Waals surface area contributed by atoms with Crippen LogP contribution in [0, 0.1) is 5.82 Å². The topological polar surface area (TPSA) is 89.8 Å². The molecule has 3 aromatic rings. The Balaban J connectivity index is 1.92. The van der Waals surface area contributed by atoms with Gasteiger partial charge in [-0.1, -0.05) is 6.07 Å². The smallest absolute Gasteiger partial charge is 0.275 e. The highest BCUT2D eigenvalue weighted by Crippen LogP contribution is 2.28. The first kappa shape index (κ1) is 20.8. The number of alkyl halides is 3. The Labute approximate surface area is 168 Å². The molecule has 2 aromatic heterocycles. The summed E-state index contributed by atoms with van der Waals surface area (Å²) in [6.45, 7) is -1.81. The van der Waals surface area contributed by atoms with Crippen molar-refractivity contribution >= 4 is 38.4 Å². The number of amides is 1. The average molecular weight is 474 g/mol. The van der Waals surface area contributed by atoms with E-state index < -0.39 is 42.8 Å². The first-order chi connectivity index (χ1) is 13.8. The first-order valence-corrected chi connectivity index (χ1v) is 8.91. The molecule has 0 spiro atoms. The van der Waals surface area contributed by atoms with Gasteiger partial charge in [-0.15, -0.1) is 0 Å². The Morgan fingerprint density at radius 3 is 2.69 bits per heavy atom. The summed E-state index contributed by atoms with van der Waals surface area (Å²) in [5.41, 5.74) is -0.659. The summed E-state index contributed by atoms with van der Waals surface area (Å²) in [5, 5.41) is 6.41. The van der Waals surface area contributed by atoms with E-state index in [1.807, 2.05) is 0 Å². The summed E-state index contributed by atoms with van der Waals surface area (Å²) in [6.07, 6.45) is -1.01. The fourth-order valence-electron chi connectivity index (χ4n) is 2.62.